The van der Waals surface area contributed by atoms with Gasteiger partial charge >= 0.3 is 6.18 Å². The van der Waals surface area contributed by atoms with Crippen molar-refractivity contribution in [1.29, 1.82) is 0 Å². The second-order valence-corrected chi connectivity index (χ2v) is 5.93. The maximum atomic E-state index is 12.6. The molecule has 2 rings (SSSR count). The fourth-order valence-electron chi connectivity index (χ4n) is 2.31. The van der Waals surface area contributed by atoms with Crippen LogP contribution < -0.4 is 5.32 Å². The second-order valence-electron chi connectivity index (χ2n) is 5.93. The van der Waals surface area contributed by atoms with Crippen LogP contribution in [0.5, 0.6) is 0 Å². The molecule has 0 heterocycles. The first-order valence-corrected chi connectivity index (χ1v) is 8.00. The molecule has 1 N–H and O–H groups in total. The van der Waals surface area contributed by atoms with Crippen LogP contribution in [0.2, 0.25) is 0 Å². The highest BCUT2D eigenvalue weighted by molar-refractivity contribution is 5.96. The van der Waals surface area contributed by atoms with E-state index in [1.54, 1.807) is 0 Å². The zero-order valence-corrected chi connectivity index (χ0v) is 14.7. The predicted octanol–water partition coefficient (Wildman–Crippen LogP) is 3.00. The quantitative estimate of drug-likeness (QED) is 0.601. The van der Waals surface area contributed by atoms with Gasteiger partial charge in [-0.15, -0.1) is 0 Å². The standard InChI is InChI=1S/C18H16F3N3O4/c1-23(11-12-5-7-14(8-6-12)18(19,20)21)16(25)10-22-17(26)13-3-2-4-15(9-13)24(27)28/h2-9H,10-11H2,1H3,(H,22,26). The molecule has 0 atom stereocenters. The number of hydrogen-bond acceptors (Lipinski definition) is 4. The van der Waals surface area contributed by atoms with Gasteiger partial charge in [0, 0.05) is 31.3 Å². The average Bonchev–Trinajstić information content (AvgIpc) is 2.65. The minimum Gasteiger partial charge on any atom is -0.343 e. The third-order valence-corrected chi connectivity index (χ3v) is 3.85. The Labute approximate surface area is 157 Å². The van der Waals surface area contributed by atoms with Gasteiger partial charge in [-0.05, 0) is 23.8 Å². The molecular weight excluding hydrogens is 379 g/mol. The number of nitro benzene ring substituents is 1. The van der Waals surface area contributed by atoms with Gasteiger partial charge in [-0.1, -0.05) is 18.2 Å². The SMILES string of the molecule is CN(Cc1ccc(C(F)(F)F)cc1)C(=O)CNC(=O)c1cccc([N+](=O)[O-])c1. The smallest absolute Gasteiger partial charge is 0.343 e. The number of amides is 2. The topological polar surface area (TPSA) is 92.6 Å². The Hall–Kier alpha value is -3.43. The number of nitrogens with one attached hydrogen (secondary N) is 1. The number of alkyl halides is 3. The monoisotopic (exact) mass is 395 g/mol. The summed E-state index contributed by atoms with van der Waals surface area (Å²) >= 11 is 0. The third kappa shape index (κ3) is 5.53. The lowest BCUT2D eigenvalue weighted by Crippen LogP contribution is -2.37. The van der Waals surface area contributed by atoms with Crippen molar-refractivity contribution in [3.05, 3.63) is 75.3 Å². The molecule has 0 radical (unpaired) electrons. The molecule has 0 bridgehead atoms. The number of carbonyl (C=O) groups excluding carboxylic acids is 2. The Bertz CT molecular complexity index is 882. The average molecular weight is 395 g/mol. The van der Waals surface area contributed by atoms with E-state index in [1.807, 2.05) is 0 Å². The van der Waals surface area contributed by atoms with Crippen molar-refractivity contribution in [1.82, 2.24) is 10.2 Å². The van der Waals surface area contributed by atoms with Crippen LogP contribution in [0, 0.1) is 10.1 Å². The zero-order valence-electron chi connectivity index (χ0n) is 14.7. The molecule has 0 saturated carbocycles. The number of non-ortho nitro benzene ring substituents is 1. The number of rotatable bonds is 6. The number of hydrogen-bond donors (Lipinski definition) is 1. The predicted molar refractivity (Wildman–Crippen MR) is 93.3 cm³/mol. The fraction of sp³-hybridized carbons (Fsp3) is 0.222. The van der Waals surface area contributed by atoms with Crippen molar-refractivity contribution in [2.45, 2.75) is 12.7 Å². The molecule has 0 aliphatic heterocycles. The highest BCUT2D eigenvalue weighted by Crippen LogP contribution is 2.29. The first kappa shape index (κ1) is 20.9. The molecular formula is C18H16F3N3O4. The molecule has 2 amide bonds. The van der Waals surface area contributed by atoms with Crippen LogP contribution in [0.4, 0.5) is 18.9 Å². The summed E-state index contributed by atoms with van der Waals surface area (Å²) in [5.41, 5.74) is -0.505. The van der Waals surface area contributed by atoms with E-state index >= 15 is 0 Å². The van der Waals surface area contributed by atoms with Gasteiger partial charge in [0.1, 0.15) is 0 Å². The lowest BCUT2D eigenvalue weighted by Gasteiger charge is -2.18. The molecule has 0 aliphatic rings. The second kappa shape index (κ2) is 8.51. The van der Waals surface area contributed by atoms with E-state index in [4.69, 9.17) is 0 Å². The molecule has 0 saturated heterocycles. The summed E-state index contributed by atoms with van der Waals surface area (Å²) in [6, 6.07) is 9.45. The molecule has 0 spiro atoms. The van der Waals surface area contributed by atoms with Gasteiger partial charge in [-0.2, -0.15) is 13.2 Å². The number of halogens is 3. The van der Waals surface area contributed by atoms with Gasteiger partial charge in [0.05, 0.1) is 17.0 Å². The van der Waals surface area contributed by atoms with Crippen molar-refractivity contribution in [2.75, 3.05) is 13.6 Å². The summed E-state index contributed by atoms with van der Waals surface area (Å²) in [6.45, 7) is -0.303. The largest absolute Gasteiger partial charge is 0.416 e. The number of nitrogens with zero attached hydrogens (tertiary/aromatic N) is 2. The number of benzene rings is 2. The lowest BCUT2D eigenvalue weighted by atomic mass is 10.1. The Kier molecular flexibility index (Phi) is 6.34. The summed E-state index contributed by atoms with van der Waals surface area (Å²) in [6.07, 6.45) is -4.43. The van der Waals surface area contributed by atoms with Gasteiger partial charge in [0.25, 0.3) is 11.6 Å². The van der Waals surface area contributed by atoms with Crippen LogP contribution in [0.3, 0.4) is 0 Å². The summed E-state index contributed by atoms with van der Waals surface area (Å²) in [7, 11) is 1.44. The maximum Gasteiger partial charge on any atom is 0.416 e. The van der Waals surface area contributed by atoms with E-state index in [-0.39, 0.29) is 24.3 Å². The van der Waals surface area contributed by atoms with E-state index in [2.05, 4.69) is 5.32 Å². The molecule has 28 heavy (non-hydrogen) atoms. The lowest BCUT2D eigenvalue weighted by molar-refractivity contribution is -0.384. The Morgan fingerprint density at radius 1 is 1.14 bits per heavy atom. The number of nitro groups is 1. The molecule has 0 aliphatic carbocycles. The summed E-state index contributed by atoms with van der Waals surface area (Å²) in [5.74, 6) is -1.13. The first-order chi connectivity index (χ1) is 13.1. The fourth-order valence-corrected chi connectivity index (χ4v) is 2.31. The van der Waals surface area contributed by atoms with Gasteiger partial charge in [-0.3, -0.25) is 19.7 Å². The third-order valence-electron chi connectivity index (χ3n) is 3.85. The minimum absolute atomic E-state index is 0.0346. The highest BCUT2D eigenvalue weighted by atomic mass is 19.4. The van der Waals surface area contributed by atoms with E-state index in [1.165, 1.54) is 42.3 Å². The van der Waals surface area contributed by atoms with Crippen molar-refractivity contribution in [3.8, 4) is 0 Å². The number of carbonyl (C=O) groups is 2. The first-order valence-electron chi connectivity index (χ1n) is 8.00. The zero-order chi connectivity index (χ0) is 20.9. The molecule has 0 fully saturated rings. The molecule has 2 aromatic rings. The van der Waals surface area contributed by atoms with E-state index in [9.17, 15) is 32.9 Å². The van der Waals surface area contributed by atoms with Gasteiger partial charge in [-0.25, -0.2) is 0 Å². The van der Waals surface area contributed by atoms with E-state index in [0.29, 0.717) is 5.56 Å². The van der Waals surface area contributed by atoms with Gasteiger partial charge in [0.2, 0.25) is 5.91 Å². The minimum atomic E-state index is -4.43. The Morgan fingerprint density at radius 2 is 1.79 bits per heavy atom. The van der Waals surface area contributed by atoms with Crippen LogP contribution in [-0.4, -0.2) is 35.2 Å². The molecule has 10 heteroatoms. The number of likely N-dealkylation sites (N-methyl/N-ethyl adjacent to an activating group) is 1. The van der Waals surface area contributed by atoms with Gasteiger partial charge < -0.3 is 10.2 Å². The molecule has 0 aromatic heterocycles. The molecule has 7 nitrogen and oxygen atoms in total. The van der Waals surface area contributed by atoms with Crippen LogP contribution in [0.15, 0.2) is 48.5 Å². The van der Waals surface area contributed by atoms with Crippen LogP contribution in [-0.2, 0) is 17.5 Å². The van der Waals surface area contributed by atoms with Crippen molar-refractivity contribution in [2.24, 2.45) is 0 Å². The normalized spacial score (nSPS) is 11.0. The Morgan fingerprint density at radius 3 is 2.36 bits per heavy atom. The summed E-state index contributed by atoms with van der Waals surface area (Å²) < 4.78 is 37.7. The van der Waals surface area contributed by atoms with Crippen LogP contribution in [0.25, 0.3) is 0 Å². The van der Waals surface area contributed by atoms with E-state index in [0.717, 1.165) is 18.2 Å². The molecule has 2 aromatic carbocycles. The maximum absolute atomic E-state index is 12.6. The summed E-state index contributed by atoms with van der Waals surface area (Å²) in [5, 5.41) is 13.1. The Balaban J connectivity index is 1.91. The van der Waals surface area contributed by atoms with E-state index < -0.39 is 28.5 Å². The highest BCUT2D eigenvalue weighted by Gasteiger charge is 2.30. The van der Waals surface area contributed by atoms with Gasteiger partial charge in [0.15, 0.2) is 0 Å². The summed E-state index contributed by atoms with van der Waals surface area (Å²) in [4.78, 5) is 35.5. The van der Waals surface area contributed by atoms with Crippen LogP contribution in [0.1, 0.15) is 21.5 Å². The van der Waals surface area contributed by atoms with Crippen molar-refractivity contribution >= 4 is 17.5 Å². The molecule has 148 valence electrons. The van der Waals surface area contributed by atoms with Crippen LogP contribution >= 0.6 is 0 Å². The molecule has 0 unspecified atom stereocenters. The van der Waals surface area contributed by atoms with Crippen molar-refractivity contribution in [3.63, 3.8) is 0 Å². The van der Waals surface area contributed by atoms with Crippen molar-refractivity contribution < 1.29 is 27.7 Å².